The van der Waals surface area contributed by atoms with Crippen LogP contribution in [0.3, 0.4) is 0 Å². The molecule has 6 nitrogen and oxygen atoms in total. The van der Waals surface area contributed by atoms with Crippen LogP contribution in [0.5, 0.6) is 0 Å². The number of ether oxygens (including phenoxy) is 2. The Morgan fingerprint density at radius 2 is 1.94 bits per heavy atom. The van der Waals surface area contributed by atoms with Crippen LogP contribution >= 0.6 is 0 Å². The molecule has 0 unspecified atom stereocenters. The Morgan fingerprint density at radius 1 is 1.19 bits per heavy atom. The van der Waals surface area contributed by atoms with E-state index in [0.717, 1.165) is 68.6 Å². The van der Waals surface area contributed by atoms with Crippen LogP contribution in [0.15, 0.2) is 27.7 Å². The van der Waals surface area contributed by atoms with E-state index in [-0.39, 0.29) is 0 Å². The normalized spacial score (nSPS) is 22.0. The monoisotopic (exact) mass is 426 g/mol. The molecular weight excluding hydrogens is 388 g/mol. The summed E-state index contributed by atoms with van der Waals surface area (Å²) in [5.41, 5.74) is 5.73. The van der Waals surface area contributed by atoms with Gasteiger partial charge in [-0.05, 0) is 67.4 Å². The van der Waals surface area contributed by atoms with Crippen molar-refractivity contribution < 1.29 is 9.47 Å². The molecule has 2 fully saturated rings. The smallest absolute Gasteiger partial charge is 0.130 e. The number of pyridine rings is 1. The lowest BCUT2D eigenvalue weighted by atomic mass is 9.86. The molecule has 1 atom stereocenters. The second-order valence-corrected chi connectivity index (χ2v) is 8.80. The zero-order chi connectivity index (χ0) is 22.4. The first-order valence-electron chi connectivity index (χ1n) is 11.5. The van der Waals surface area contributed by atoms with E-state index in [9.17, 15) is 0 Å². The maximum absolute atomic E-state index is 5.68. The number of hydrogen-bond acceptors (Lipinski definition) is 6. The molecule has 2 aliphatic heterocycles. The van der Waals surface area contributed by atoms with Gasteiger partial charge in [0.2, 0.25) is 0 Å². The van der Waals surface area contributed by atoms with Gasteiger partial charge in [-0.1, -0.05) is 13.8 Å². The molecule has 0 N–H and O–H groups in total. The van der Waals surface area contributed by atoms with Crippen molar-refractivity contribution in [1.29, 1.82) is 0 Å². The summed E-state index contributed by atoms with van der Waals surface area (Å²) in [5, 5.41) is 0. The molecule has 0 radical (unpaired) electrons. The number of hydrogen-bond donors (Lipinski definition) is 0. The predicted molar refractivity (Wildman–Crippen MR) is 129 cm³/mol. The summed E-state index contributed by atoms with van der Waals surface area (Å²) in [7, 11) is 3.66. The second-order valence-electron chi connectivity index (χ2n) is 8.80. The highest BCUT2D eigenvalue weighted by Gasteiger charge is 2.27. The average Bonchev–Trinajstić information content (AvgIpc) is 2.78. The Labute approximate surface area is 187 Å². The first-order chi connectivity index (χ1) is 15.0. The van der Waals surface area contributed by atoms with Crippen LogP contribution in [0.25, 0.3) is 0 Å². The summed E-state index contributed by atoms with van der Waals surface area (Å²) in [6.45, 7) is 12.8. The molecule has 170 valence electrons. The molecule has 0 saturated carbocycles. The molecule has 6 heteroatoms. The maximum Gasteiger partial charge on any atom is 0.130 e. The van der Waals surface area contributed by atoms with Gasteiger partial charge < -0.3 is 14.4 Å². The van der Waals surface area contributed by atoms with Gasteiger partial charge in [-0.25, -0.2) is 4.98 Å². The molecule has 0 amide bonds. The summed E-state index contributed by atoms with van der Waals surface area (Å²) in [4.78, 5) is 16.5. The number of allylic oxidation sites excluding steroid dienone is 2. The van der Waals surface area contributed by atoms with Crippen molar-refractivity contribution in [2.75, 3.05) is 52.0 Å². The molecular formula is C25H38N4O2. The van der Waals surface area contributed by atoms with Crippen LogP contribution in [0, 0.1) is 12.8 Å². The lowest BCUT2D eigenvalue weighted by Crippen LogP contribution is -2.44. The number of nitrogens with zero attached hydrogens (tertiary/aromatic N) is 4. The van der Waals surface area contributed by atoms with Crippen LogP contribution in [-0.4, -0.2) is 70.0 Å². The summed E-state index contributed by atoms with van der Waals surface area (Å²) >= 11 is 0. The number of morpholine rings is 1. The van der Waals surface area contributed by atoms with Crippen molar-refractivity contribution in [3.63, 3.8) is 0 Å². The largest absolute Gasteiger partial charge is 0.381 e. The minimum absolute atomic E-state index is 0.300. The molecule has 0 bridgehead atoms. The highest BCUT2D eigenvalue weighted by molar-refractivity contribution is 6.14. The molecule has 2 saturated heterocycles. The summed E-state index contributed by atoms with van der Waals surface area (Å²) in [6, 6.07) is 2.62. The van der Waals surface area contributed by atoms with E-state index < -0.39 is 0 Å². The van der Waals surface area contributed by atoms with Crippen molar-refractivity contribution in [3.8, 4) is 0 Å². The van der Waals surface area contributed by atoms with Crippen LogP contribution < -0.4 is 4.90 Å². The van der Waals surface area contributed by atoms with Crippen LogP contribution in [-0.2, 0) is 9.47 Å². The van der Waals surface area contributed by atoms with E-state index in [1.165, 1.54) is 11.1 Å². The molecule has 3 rings (SSSR count). The second kappa shape index (κ2) is 11.0. The fourth-order valence-corrected chi connectivity index (χ4v) is 4.56. The van der Waals surface area contributed by atoms with E-state index in [1.54, 1.807) is 7.05 Å². The number of anilines is 1. The number of aliphatic imine (C=N–C) groups is 2. The summed E-state index contributed by atoms with van der Waals surface area (Å²) in [5.74, 6) is 1.84. The number of rotatable bonds is 6. The van der Waals surface area contributed by atoms with E-state index in [4.69, 9.17) is 19.5 Å². The standard InChI is InChI=1S/C25H38N4O2/c1-17(2)21(7-10-26-5)25(27-6)24-19(4)22(20-8-12-30-13-9-20)15-23(28-24)29-11-14-31-16-18(29)3/h7,10,15,17-18,20H,8-9,11-14,16H2,1-6H3/b21-7+,26-10-,27-25-/t18-/m1/s1. The van der Waals surface area contributed by atoms with Crippen molar-refractivity contribution in [2.24, 2.45) is 15.9 Å². The predicted octanol–water partition coefficient (Wildman–Crippen LogP) is 4.21. The fraction of sp³-hybridized carbons (Fsp3) is 0.640. The fourth-order valence-electron chi connectivity index (χ4n) is 4.56. The topological polar surface area (TPSA) is 59.3 Å². The first kappa shape index (κ1) is 23.6. The molecule has 0 aromatic carbocycles. The van der Waals surface area contributed by atoms with Crippen molar-refractivity contribution in [1.82, 2.24) is 4.98 Å². The lowest BCUT2D eigenvalue weighted by molar-refractivity contribution is 0.0851. The van der Waals surface area contributed by atoms with E-state index in [2.05, 4.69) is 49.7 Å². The molecule has 0 spiro atoms. The Hall–Kier alpha value is -2.05. The van der Waals surface area contributed by atoms with Gasteiger partial charge in [-0.2, -0.15) is 0 Å². The molecule has 1 aromatic rings. The summed E-state index contributed by atoms with van der Waals surface area (Å²) in [6.07, 6.45) is 6.03. The molecule has 31 heavy (non-hydrogen) atoms. The van der Waals surface area contributed by atoms with Gasteiger partial charge in [-0.15, -0.1) is 0 Å². The average molecular weight is 427 g/mol. The van der Waals surface area contributed by atoms with Gasteiger partial charge in [-0.3, -0.25) is 9.98 Å². The van der Waals surface area contributed by atoms with E-state index in [1.807, 2.05) is 13.3 Å². The molecule has 1 aromatic heterocycles. The van der Waals surface area contributed by atoms with Crippen molar-refractivity contribution in [2.45, 2.75) is 52.5 Å². The SMILES string of the molecule is C\N=C/C=C(/C(=N/C)c1nc(N2CCOC[C@H]2C)cc(C2CCOCC2)c1C)C(C)C. The minimum atomic E-state index is 0.300. The Morgan fingerprint density at radius 3 is 2.55 bits per heavy atom. The van der Waals surface area contributed by atoms with Gasteiger partial charge in [0.25, 0.3) is 0 Å². The highest BCUT2D eigenvalue weighted by Crippen LogP contribution is 2.34. The van der Waals surface area contributed by atoms with Gasteiger partial charge in [0.1, 0.15) is 5.82 Å². The zero-order valence-corrected chi connectivity index (χ0v) is 20.0. The zero-order valence-electron chi connectivity index (χ0n) is 20.0. The summed E-state index contributed by atoms with van der Waals surface area (Å²) < 4.78 is 11.3. The van der Waals surface area contributed by atoms with Crippen LogP contribution in [0.2, 0.25) is 0 Å². The van der Waals surface area contributed by atoms with Gasteiger partial charge in [0, 0.05) is 40.1 Å². The highest BCUT2D eigenvalue weighted by atomic mass is 16.5. The van der Waals surface area contributed by atoms with Gasteiger partial charge in [0.15, 0.2) is 0 Å². The minimum Gasteiger partial charge on any atom is -0.381 e. The maximum atomic E-state index is 5.68. The van der Waals surface area contributed by atoms with E-state index in [0.29, 0.717) is 17.9 Å². The lowest BCUT2D eigenvalue weighted by Gasteiger charge is -2.36. The van der Waals surface area contributed by atoms with Crippen molar-refractivity contribution >= 4 is 17.7 Å². The molecule has 3 heterocycles. The van der Waals surface area contributed by atoms with Gasteiger partial charge >= 0.3 is 0 Å². The third kappa shape index (κ3) is 5.42. The first-order valence-corrected chi connectivity index (χ1v) is 11.5. The Balaban J connectivity index is 2.16. The van der Waals surface area contributed by atoms with Gasteiger partial charge in [0.05, 0.1) is 30.7 Å². The molecule has 0 aliphatic carbocycles. The van der Waals surface area contributed by atoms with Crippen LogP contribution in [0.1, 0.15) is 56.4 Å². The van der Waals surface area contributed by atoms with Crippen LogP contribution in [0.4, 0.5) is 5.82 Å². The quantitative estimate of drug-likeness (QED) is 0.640. The Kier molecular flexibility index (Phi) is 8.38. The third-order valence-electron chi connectivity index (χ3n) is 6.37. The molecule has 2 aliphatic rings. The van der Waals surface area contributed by atoms with E-state index >= 15 is 0 Å². The Bertz CT molecular complexity index is 838. The third-order valence-corrected chi connectivity index (χ3v) is 6.37. The van der Waals surface area contributed by atoms with Crippen molar-refractivity contribution in [3.05, 3.63) is 34.5 Å². The number of aromatic nitrogens is 1.